The molecule has 8 heteroatoms. The topological polar surface area (TPSA) is 86.6 Å². The average molecular weight is 488 g/mol. The zero-order valence-corrected chi connectivity index (χ0v) is 18.8. The molecule has 32 heavy (non-hydrogen) atoms. The first-order valence-corrected chi connectivity index (χ1v) is 10.9. The van der Waals surface area contributed by atoms with Crippen molar-refractivity contribution < 1.29 is 9.48 Å². The first-order chi connectivity index (χ1) is 15.6. The number of anilines is 2. The molecule has 1 unspecified atom stereocenters. The summed E-state index contributed by atoms with van der Waals surface area (Å²) in [7, 11) is 0. The Morgan fingerprint density at radius 3 is 2.56 bits per heavy atom. The number of pyridine rings is 1. The predicted molar refractivity (Wildman–Crippen MR) is 126 cm³/mol. The lowest BCUT2D eigenvalue weighted by Crippen LogP contribution is -2.50. The van der Waals surface area contributed by atoms with Crippen LogP contribution in [0.2, 0.25) is 0 Å². The Kier molecular flexibility index (Phi) is 5.28. The highest BCUT2D eigenvalue weighted by Crippen LogP contribution is 2.31. The second-order valence-corrected chi connectivity index (χ2v) is 8.36. The van der Waals surface area contributed by atoms with Crippen molar-refractivity contribution in [1.82, 2.24) is 15.1 Å². The van der Waals surface area contributed by atoms with Crippen LogP contribution in [0.15, 0.2) is 94.9 Å². The SMILES string of the molecule is CC1=C(C(=O)Nc2cccnc2)C(c2ccc(Br)cc2)[n+]2[nH]c(-c3ccccc3)nc2N1. The number of fused-ring (bicyclic) bond motifs is 1. The molecule has 1 aliphatic heterocycles. The van der Waals surface area contributed by atoms with Gasteiger partial charge in [-0.2, -0.15) is 0 Å². The Morgan fingerprint density at radius 2 is 1.84 bits per heavy atom. The molecule has 3 N–H and O–H groups in total. The molecule has 0 saturated heterocycles. The zero-order valence-electron chi connectivity index (χ0n) is 17.2. The summed E-state index contributed by atoms with van der Waals surface area (Å²) in [5, 5.41) is 9.65. The Hall–Kier alpha value is -3.78. The third-order valence-electron chi connectivity index (χ3n) is 5.30. The van der Waals surface area contributed by atoms with Crippen molar-refractivity contribution >= 4 is 33.5 Å². The van der Waals surface area contributed by atoms with Crippen LogP contribution in [-0.4, -0.2) is 21.0 Å². The molecule has 2 aromatic carbocycles. The number of aromatic nitrogens is 4. The molecule has 1 atom stereocenters. The summed E-state index contributed by atoms with van der Waals surface area (Å²) in [4.78, 5) is 22.3. The Bertz CT molecular complexity index is 1300. The quantitative estimate of drug-likeness (QED) is 0.371. The van der Waals surface area contributed by atoms with Crippen molar-refractivity contribution in [3.63, 3.8) is 0 Å². The molecular weight excluding hydrogens is 468 g/mol. The number of hydrogen-bond acceptors (Lipinski definition) is 4. The number of rotatable bonds is 4. The van der Waals surface area contributed by atoms with Crippen LogP contribution in [0.1, 0.15) is 18.5 Å². The first-order valence-electron chi connectivity index (χ1n) is 10.1. The number of benzene rings is 2. The molecule has 0 saturated carbocycles. The first kappa shape index (κ1) is 20.1. The van der Waals surface area contributed by atoms with E-state index in [4.69, 9.17) is 4.98 Å². The molecular formula is C24H20BrN6O+. The van der Waals surface area contributed by atoms with Crippen molar-refractivity contribution in [2.45, 2.75) is 13.0 Å². The molecule has 0 aliphatic carbocycles. The third kappa shape index (κ3) is 3.80. The number of aromatic amines is 1. The van der Waals surface area contributed by atoms with Crippen LogP contribution in [0.25, 0.3) is 11.4 Å². The molecule has 1 aliphatic rings. The van der Waals surface area contributed by atoms with Crippen LogP contribution in [0.4, 0.5) is 11.6 Å². The van der Waals surface area contributed by atoms with E-state index in [1.165, 1.54) is 0 Å². The molecule has 0 fully saturated rings. The Morgan fingerprint density at radius 1 is 1.06 bits per heavy atom. The second-order valence-electron chi connectivity index (χ2n) is 7.45. The molecule has 0 radical (unpaired) electrons. The minimum absolute atomic E-state index is 0.204. The Labute approximate surface area is 193 Å². The number of halogens is 1. The number of hydrogen-bond donors (Lipinski definition) is 3. The summed E-state index contributed by atoms with van der Waals surface area (Å²) in [5.74, 6) is 1.16. The summed E-state index contributed by atoms with van der Waals surface area (Å²) in [6.07, 6.45) is 3.30. The molecule has 5 rings (SSSR count). The van der Waals surface area contributed by atoms with Crippen LogP contribution in [-0.2, 0) is 4.79 Å². The molecule has 7 nitrogen and oxygen atoms in total. The second kappa shape index (κ2) is 8.39. The van der Waals surface area contributed by atoms with Crippen molar-refractivity contribution in [3.8, 4) is 11.4 Å². The predicted octanol–water partition coefficient (Wildman–Crippen LogP) is 4.45. The molecule has 4 aromatic rings. The van der Waals surface area contributed by atoms with E-state index in [1.807, 2.05) is 72.3 Å². The van der Waals surface area contributed by atoms with Crippen LogP contribution < -0.4 is 15.3 Å². The molecule has 0 spiro atoms. The van der Waals surface area contributed by atoms with Gasteiger partial charge in [0, 0.05) is 16.2 Å². The Balaban J connectivity index is 1.60. The van der Waals surface area contributed by atoms with Gasteiger partial charge in [-0.1, -0.05) is 46.3 Å². The van der Waals surface area contributed by atoms with Crippen molar-refractivity contribution in [3.05, 3.63) is 100 Å². The van der Waals surface area contributed by atoms with Crippen LogP contribution in [0, 0.1) is 0 Å². The lowest BCUT2D eigenvalue weighted by Gasteiger charge is -2.24. The molecule has 158 valence electrons. The minimum atomic E-state index is -0.388. The molecule has 1 amide bonds. The van der Waals surface area contributed by atoms with E-state index >= 15 is 0 Å². The zero-order chi connectivity index (χ0) is 22.1. The van der Waals surface area contributed by atoms with Gasteiger partial charge in [0.15, 0.2) is 6.04 Å². The number of carbonyl (C=O) groups is 1. The number of carbonyl (C=O) groups excluding carboxylic acids is 1. The van der Waals surface area contributed by atoms with Gasteiger partial charge in [-0.15, -0.1) is 4.68 Å². The van der Waals surface area contributed by atoms with E-state index < -0.39 is 0 Å². The van der Waals surface area contributed by atoms with Crippen LogP contribution in [0.5, 0.6) is 0 Å². The monoisotopic (exact) mass is 487 g/mol. The van der Waals surface area contributed by atoms with Gasteiger partial charge in [-0.3, -0.25) is 9.78 Å². The molecule has 0 bridgehead atoms. The summed E-state index contributed by atoms with van der Waals surface area (Å²) < 4.78 is 2.87. The fraction of sp³-hybridized carbons (Fsp3) is 0.0833. The number of allylic oxidation sites excluding steroid dienone is 1. The smallest absolute Gasteiger partial charge is 0.321 e. The number of amides is 1. The lowest BCUT2D eigenvalue weighted by atomic mass is 9.95. The summed E-state index contributed by atoms with van der Waals surface area (Å²) >= 11 is 3.50. The fourth-order valence-electron chi connectivity index (χ4n) is 3.81. The highest BCUT2D eigenvalue weighted by molar-refractivity contribution is 9.10. The lowest BCUT2D eigenvalue weighted by molar-refractivity contribution is -0.746. The van der Waals surface area contributed by atoms with E-state index in [1.54, 1.807) is 18.5 Å². The summed E-state index contributed by atoms with van der Waals surface area (Å²) in [6, 6.07) is 21.1. The fourth-order valence-corrected chi connectivity index (χ4v) is 4.08. The minimum Gasteiger partial charge on any atom is -0.321 e. The number of nitrogens with zero attached hydrogens (tertiary/aromatic N) is 3. The van der Waals surface area contributed by atoms with Crippen molar-refractivity contribution in [2.24, 2.45) is 0 Å². The van der Waals surface area contributed by atoms with Gasteiger partial charge in [0.1, 0.15) is 0 Å². The number of nitrogens with one attached hydrogen (secondary N) is 3. The van der Waals surface area contributed by atoms with Gasteiger partial charge in [-0.25, -0.2) is 10.4 Å². The van der Waals surface area contributed by atoms with Gasteiger partial charge in [0.25, 0.3) is 5.91 Å². The van der Waals surface area contributed by atoms with Gasteiger partial charge in [0.2, 0.25) is 5.82 Å². The maximum absolute atomic E-state index is 13.4. The largest absolute Gasteiger partial charge is 0.417 e. The molecule has 3 heterocycles. The number of H-pyrrole nitrogens is 1. The van der Waals surface area contributed by atoms with Crippen molar-refractivity contribution in [1.29, 1.82) is 0 Å². The third-order valence-corrected chi connectivity index (χ3v) is 5.83. The highest BCUT2D eigenvalue weighted by atomic mass is 79.9. The van der Waals surface area contributed by atoms with E-state index in [-0.39, 0.29) is 11.9 Å². The van der Waals surface area contributed by atoms with Gasteiger partial charge in [0.05, 0.1) is 23.2 Å². The van der Waals surface area contributed by atoms with Crippen molar-refractivity contribution in [2.75, 3.05) is 10.6 Å². The van der Waals surface area contributed by atoms with Gasteiger partial charge < -0.3 is 5.32 Å². The highest BCUT2D eigenvalue weighted by Gasteiger charge is 2.39. The van der Waals surface area contributed by atoms with E-state index in [9.17, 15) is 4.79 Å². The van der Waals surface area contributed by atoms with Crippen LogP contribution >= 0.6 is 15.9 Å². The standard InChI is InChI=1S/C24H19BrN6O/c1-15-20(23(32)28-19-8-5-13-26-14-19)21(16-9-11-18(25)12-10-16)31-24(27-15)29-22(30-31)17-6-3-2-4-7-17/h2-14,21H,1H3,(H2,27,28,29,30,32)/p+1. The summed E-state index contributed by atoms with van der Waals surface area (Å²) in [5.41, 5.74) is 3.89. The maximum Gasteiger partial charge on any atom is 0.417 e. The average Bonchev–Trinajstić information content (AvgIpc) is 3.23. The van der Waals surface area contributed by atoms with Gasteiger partial charge >= 0.3 is 5.95 Å². The normalized spacial score (nSPS) is 15.1. The van der Waals surface area contributed by atoms with E-state index in [0.717, 1.165) is 27.1 Å². The molecule has 2 aromatic heterocycles. The summed E-state index contributed by atoms with van der Waals surface area (Å²) in [6.45, 7) is 1.89. The van der Waals surface area contributed by atoms with E-state index in [0.29, 0.717) is 17.2 Å². The maximum atomic E-state index is 13.4. The van der Waals surface area contributed by atoms with Gasteiger partial charge in [-0.05, 0) is 53.9 Å². The van der Waals surface area contributed by atoms with E-state index in [2.05, 4.69) is 36.6 Å². The van der Waals surface area contributed by atoms with Crippen LogP contribution in [0.3, 0.4) is 0 Å².